The lowest BCUT2D eigenvalue weighted by Gasteiger charge is -2.27. The molecule has 1 saturated carbocycles. The number of hydrogen-bond donors (Lipinski definition) is 2. The molecule has 1 heterocycles. The zero-order valence-electron chi connectivity index (χ0n) is 14.6. The summed E-state index contributed by atoms with van der Waals surface area (Å²) < 4.78 is 11.3. The molecule has 0 bridgehead atoms. The molecule has 0 atom stereocenters. The highest BCUT2D eigenvalue weighted by Crippen LogP contribution is 2.30. The minimum absolute atomic E-state index is 0.196. The van der Waals surface area contributed by atoms with Gasteiger partial charge in [-0.3, -0.25) is 0 Å². The highest BCUT2D eigenvalue weighted by atomic mass is 16.5. The van der Waals surface area contributed by atoms with Crippen molar-refractivity contribution >= 4 is 0 Å². The summed E-state index contributed by atoms with van der Waals surface area (Å²) >= 11 is 0. The predicted octanol–water partition coefficient (Wildman–Crippen LogP) is 4.10. The fourth-order valence-corrected chi connectivity index (χ4v) is 3.25. The molecule has 1 aromatic carbocycles. The number of aliphatic hydroxyl groups is 1. The average molecular weight is 344 g/mol. The van der Waals surface area contributed by atoms with Gasteiger partial charge in [-0.05, 0) is 44.0 Å². The van der Waals surface area contributed by atoms with Gasteiger partial charge >= 0.3 is 0 Å². The van der Waals surface area contributed by atoms with Crippen LogP contribution in [0, 0.1) is 6.92 Å². The van der Waals surface area contributed by atoms with Gasteiger partial charge in [-0.2, -0.15) is 0 Å². The Kier molecular flexibility index (Phi) is 5.16. The van der Waals surface area contributed by atoms with E-state index in [0.717, 1.165) is 35.9 Å². The summed E-state index contributed by atoms with van der Waals surface area (Å²) in [5.41, 5.74) is 2.38. The van der Waals surface area contributed by atoms with Crippen LogP contribution in [0.15, 0.2) is 40.9 Å². The molecular formula is C19H24N2O4. The second-order valence-electron chi connectivity index (χ2n) is 6.43. The first kappa shape index (κ1) is 17.2. The number of aryl methyl sites for hydroxylation is 1. The van der Waals surface area contributed by atoms with Crippen LogP contribution < -0.4 is 0 Å². The summed E-state index contributed by atoms with van der Waals surface area (Å²) in [6.07, 6.45) is 5.67. The lowest BCUT2D eigenvalue weighted by molar-refractivity contribution is 0.0844. The molecule has 0 radical (unpaired) electrons. The molecule has 134 valence electrons. The molecule has 0 amide bonds. The minimum atomic E-state index is 0.196. The first-order valence-corrected chi connectivity index (χ1v) is 8.54. The monoisotopic (exact) mass is 344 g/mol. The van der Waals surface area contributed by atoms with E-state index < -0.39 is 0 Å². The summed E-state index contributed by atoms with van der Waals surface area (Å²) in [7, 11) is 1.94. The van der Waals surface area contributed by atoms with Gasteiger partial charge in [0.15, 0.2) is 5.76 Å². The van der Waals surface area contributed by atoms with Gasteiger partial charge in [0, 0.05) is 18.7 Å². The quantitative estimate of drug-likeness (QED) is 0.768. The summed E-state index contributed by atoms with van der Waals surface area (Å²) in [5.74, 6) is 1.25. The Balaban J connectivity index is 1.74. The first-order valence-electron chi connectivity index (χ1n) is 8.54. The molecule has 6 heteroatoms. The largest absolute Gasteiger partial charge is 0.510 e. The number of aromatic hydroxyl groups is 1. The molecule has 6 nitrogen and oxygen atoms in total. The van der Waals surface area contributed by atoms with E-state index in [0.29, 0.717) is 17.7 Å². The molecule has 0 spiro atoms. The van der Waals surface area contributed by atoms with Gasteiger partial charge in [0.2, 0.25) is 5.88 Å². The van der Waals surface area contributed by atoms with Crippen molar-refractivity contribution in [3.63, 3.8) is 0 Å². The van der Waals surface area contributed by atoms with Crippen LogP contribution in [-0.4, -0.2) is 33.4 Å². The van der Waals surface area contributed by atoms with Gasteiger partial charge < -0.3 is 24.4 Å². The van der Waals surface area contributed by atoms with Crippen molar-refractivity contribution in [3.05, 3.63) is 47.7 Å². The fraction of sp³-hybridized carbons (Fsp3) is 0.421. The lowest BCUT2D eigenvalue weighted by atomic mass is 10.1. The smallest absolute Gasteiger partial charge is 0.225 e. The van der Waals surface area contributed by atoms with Gasteiger partial charge in [-0.15, -0.1) is 0 Å². The van der Waals surface area contributed by atoms with E-state index >= 15 is 0 Å². The molecule has 1 aliphatic carbocycles. The molecule has 1 fully saturated rings. The Hall–Kier alpha value is -2.63. The Labute approximate surface area is 147 Å². The second kappa shape index (κ2) is 7.51. The van der Waals surface area contributed by atoms with Gasteiger partial charge in [-0.25, -0.2) is 0 Å². The Morgan fingerprint density at radius 1 is 1.32 bits per heavy atom. The highest BCUT2D eigenvalue weighted by Gasteiger charge is 2.23. The summed E-state index contributed by atoms with van der Waals surface area (Å²) in [6.45, 7) is 2.10. The second-order valence-corrected chi connectivity index (χ2v) is 6.43. The van der Waals surface area contributed by atoms with Crippen molar-refractivity contribution in [3.8, 4) is 17.1 Å². The van der Waals surface area contributed by atoms with E-state index in [1.165, 1.54) is 12.8 Å². The van der Waals surface area contributed by atoms with Crippen molar-refractivity contribution in [2.24, 2.45) is 0 Å². The fourth-order valence-electron chi connectivity index (χ4n) is 3.25. The van der Waals surface area contributed by atoms with Crippen LogP contribution in [0.2, 0.25) is 0 Å². The van der Waals surface area contributed by atoms with Crippen LogP contribution in [0.25, 0.3) is 11.3 Å². The highest BCUT2D eigenvalue weighted by molar-refractivity contribution is 5.62. The van der Waals surface area contributed by atoms with Gasteiger partial charge in [0.1, 0.15) is 18.6 Å². The third-order valence-electron chi connectivity index (χ3n) is 4.81. The lowest BCUT2D eigenvalue weighted by Crippen LogP contribution is -2.29. The molecule has 1 aliphatic rings. The minimum Gasteiger partial charge on any atom is -0.510 e. The molecule has 25 heavy (non-hydrogen) atoms. The molecule has 0 unspecified atom stereocenters. The summed E-state index contributed by atoms with van der Waals surface area (Å²) in [6, 6.07) is 7.15. The maximum absolute atomic E-state index is 9.58. The van der Waals surface area contributed by atoms with Crippen molar-refractivity contribution in [1.82, 2.24) is 10.1 Å². The van der Waals surface area contributed by atoms with Crippen LogP contribution >= 0.6 is 0 Å². The number of benzene rings is 1. The van der Waals surface area contributed by atoms with Gasteiger partial charge in [0.25, 0.3) is 0 Å². The Morgan fingerprint density at radius 3 is 2.64 bits per heavy atom. The molecule has 0 saturated heterocycles. The summed E-state index contributed by atoms with van der Waals surface area (Å²) in [5, 5.41) is 23.0. The molecular weight excluding hydrogens is 320 g/mol. The van der Waals surface area contributed by atoms with E-state index in [4.69, 9.17) is 9.26 Å². The average Bonchev–Trinajstić information content (AvgIpc) is 3.27. The van der Waals surface area contributed by atoms with Crippen LogP contribution in [-0.2, 0) is 11.3 Å². The number of hydrogen-bond acceptors (Lipinski definition) is 6. The molecule has 0 aliphatic heterocycles. The zero-order chi connectivity index (χ0) is 17.8. The Morgan fingerprint density at radius 2 is 2.00 bits per heavy atom. The first-order chi connectivity index (χ1) is 12.1. The number of rotatable bonds is 6. The normalized spacial score (nSPS) is 15.5. The number of aromatic nitrogens is 1. The predicted molar refractivity (Wildman–Crippen MR) is 93.9 cm³/mol. The molecule has 3 rings (SSSR count). The topological polar surface area (TPSA) is 79.0 Å². The van der Waals surface area contributed by atoms with Gasteiger partial charge in [0.05, 0.1) is 11.3 Å². The number of ether oxygens (including phenoxy) is 1. The van der Waals surface area contributed by atoms with Crippen molar-refractivity contribution < 1.29 is 19.5 Å². The van der Waals surface area contributed by atoms with Crippen LogP contribution in [0.3, 0.4) is 0 Å². The van der Waals surface area contributed by atoms with Crippen LogP contribution in [0.5, 0.6) is 5.75 Å². The molecule has 2 aromatic rings. The Bertz CT molecular complexity index is 730. The van der Waals surface area contributed by atoms with E-state index in [9.17, 15) is 10.2 Å². The number of phenols is 1. The van der Waals surface area contributed by atoms with E-state index in [2.05, 4.69) is 5.16 Å². The van der Waals surface area contributed by atoms with Crippen molar-refractivity contribution in [1.29, 1.82) is 0 Å². The number of phenolic OH excluding ortho intramolecular Hbond substituents is 1. The van der Waals surface area contributed by atoms with Gasteiger partial charge in [-0.1, -0.05) is 18.0 Å². The number of nitrogens with zero attached hydrogens (tertiary/aromatic N) is 2. The third kappa shape index (κ3) is 3.73. The molecule has 1 aromatic heterocycles. The molecule has 2 N–H and O–H groups in total. The van der Waals surface area contributed by atoms with E-state index in [1.807, 2.05) is 18.9 Å². The van der Waals surface area contributed by atoms with Crippen molar-refractivity contribution in [2.75, 3.05) is 7.05 Å². The number of aliphatic hydroxyl groups excluding tert-OH is 1. The maximum atomic E-state index is 9.58. The van der Waals surface area contributed by atoms with E-state index in [-0.39, 0.29) is 12.4 Å². The van der Waals surface area contributed by atoms with Crippen LogP contribution in [0.4, 0.5) is 0 Å². The standard InChI is InChI=1S/C19H24N2O4/c1-13-17(19(25-20-13)14-7-9-16(23)10-8-14)12-24-18(11-22)21(2)15-5-3-4-6-15/h7-11,15,22-23H,3-6,12H2,1-2H3/b18-11-. The maximum Gasteiger partial charge on any atom is 0.225 e. The van der Waals surface area contributed by atoms with E-state index in [1.54, 1.807) is 24.3 Å². The SMILES string of the molecule is Cc1noc(-c2ccc(O)cc2)c1CO/C(=C\O)N(C)C1CCCC1. The zero-order valence-corrected chi connectivity index (χ0v) is 14.6. The summed E-state index contributed by atoms with van der Waals surface area (Å²) in [4.78, 5) is 2.00. The third-order valence-corrected chi connectivity index (χ3v) is 4.81. The van der Waals surface area contributed by atoms with Crippen molar-refractivity contribution in [2.45, 2.75) is 45.3 Å². The van der Waals surface area contributed by atoms with Crippen LogP contribution in [0.1, 0.15) is 36.9 Å².